The van der Waals surface area contributed by atoms with Crippen LogP contribution in [-0.4, -0.2) is 22.3 Å². The number of hydrogen-bond donors (Lipinski definition) is 2. The Hall–Kier alpha value is -0.580. The van der Waals surface area contributed by atoms with E-state index in [9.17, 15) is 0 Å². The molecule has 1 fully saturated rings. The molecular formula is C10H16Cl2N4. The van der Waals surface area contributed by atoms with Gasteiger partial charge in [0.25, 0.3) is 0 Å². The van der Waals surface area contributed by atoms with Gasteiger partial charge < -0.3 is 11.1 Å². The van der Waals surface area contributed by atoms with Gasteiger partial charge in [0.15, 0.2) is 5.15 Å². The van der Waals surface area contributed by atoms with Crippen LogP contribution in [0.5, 0.6) is 0 Å². The maximum atomic E-state index is 5.84. The van der Waals surface area contributed by atoms with Crippen LogP contribution < -0.4 is 11.1 Å². The third-order valence-corrected chi connectivity index (χ3v) is 2.96. The van der Waals surface area contributed by atoms with Gasteiger partial charge in [-0.15, -0.1) is 22.6 Å². The topological polar surface area (TPSA) is 63.8 Å². The number of aromatic nitrogens is 2. The molecule has 0 radical (unpaired) electrons. The molecule has 0 aliphatic heterocycles. The number of nitrogens with two attached hydrogens (primary N) is 1. The Morgan fingerprint density at radius 3 is 2.44 bits per heavy atom. The molecule has 1 aromatic rings. The third kappa shape index (κ3) is 3.77. The van der Waals surface area contributed by atoms with E-state index < -0.39 is 0 Å². The zero-order valence-electron chi connectivity index (χ0n) is 8.90. The van der Waals surface area contributed by atoms with Crippen LogP contribution in [0.15, 0.2) is 12.1 Å². The first kappa shape index (κ1) is 13.5. The number of nitrogens with one attached hydrogen (secondary N) is 1. The van der Waals surface area contributed by atoms with Crippen molar-refractivity contribution in [1.29, 1.82) is 0 Å². The smallest absolute Gasteiger partial charge is 0.151 e. The molecule has 0 spiro atoms. The normalized spacial score (nSPS) is 24.6. The van der Waals surface area contributed by atoms with Gasteiger partial charge in [0.2, 0.25) is 0 Å². The highest BCUT2D eigenvalue weighted by atomic mass is 35.5. The Kier molecular flexibility index (Phi) is 5.25. The number of halogens is 2. The summed E-state index contributed by atoms with van der Waals surface area (Å²) in [5.41, 5.74) is 5.84. The van der Waals surface area contributed by atoms with Crippen LogP contribution in [0.25, 0.3) is 0 Å². The second-order valence-electron chi connectivity index (χ2n) is 4.00. The lowest BCUT2D eigenvalue weighted by Crippen LogP contribution is -2.33. The molecule has 1 aliphatic rings. The highest BCUT2D eigenvalue weighted by molar-refractivity contribution is 6.29. The van der Waals surface area contributed by atoms with Crippen LogP contribution in [0.1, 0.15) is 25.7 Å². The molecule has 1 saturated carbocycles. The Labute approximate surface area is 106 Å². The molecule has 90 valence electrons. The Bertz CT molecular complexity index is 309. The summed E-state index contributed by atoms with van der Waals surface area (Å²) < 4.78 is 0. The van der Waals surface area contributed by atoms with Gasteiger partial charge in [-0.2, -0.15) is 0 Å². The molecule has 1 aromatic heterocycles. The van der Waals surface area contributed by atoms with E-state index in [-0.39, 0.29) is 12.4 Å². The van der Waals surface area contributed by atoms with E-state index in [1.165, 1.54) is 0 Å². The van der Waals surface area contributed by atoms with Gasteiger partial charge in [-0.1, -0.05) is 11.6 Å². The summed E-state index contributed by atoms with van der Waals surface area (Å²) in [6.45, 7) is 0. The van der Waals surface area contributed by atoms with Gasteiger partial charge in [-0.25, -0.2) is 0 Å². The maximum absolute atomic E-state index is 5.84. The van der Waals surface area contributed by atoms with Gasteiger partial charge >= 0.3 is 0 Å². The van der Waals surface area contributed by atoms with Crippen LogP contribution in [-0.2, 0) is 0 Å². The van der Waals surface area contributed by atoms with Crippen molar-refractivity contribution in [2.45, 2.75) is 37.8 Å². The fraction of sp³-hybridized carbons (Fsp3) is 0.600. The molecule has 0 aromatic carbocycles. The summed E-state index contributed by atoms with van der Waals surface area (Å²) in [6.07, 6.45) is 4.37. The number of hydrogen-bond acceptors (Lipinski definition) is 4. The summed E-state index contributed by atoms with van der Waals surface area (Å²) in [4.78, 5) is 0. The van der Waals surface area contributed by atoms with Gasteiger partial charge in [0.1, 0.15) is 5.82 Å². The van der Waals surface area contributed by atoms with Crippen LogP contribution in [0, 0.1) is 0 Å². The van der Waals surface area contributed by atoms with E-state index in [1.54, 1.807) is 6.07 Å². The van der Waals surface area contributed by atoms with Gasteiger partial charge in [-0.3, -0.25) is 0 Å². The number of anilines is 1. The molecule has 0 amide bonds. The summed E-state index contributed by atoms with van der Waals surface area (Å²) in [5, 5.41) is 11.5. The molecule has 1 heterocycles. The number of nitrogens with zero attached hydrogens (tertiary/aromatic N) is 2. The van der Waals surface area contributed by atoms with Crippen LogP contribution >= 0.6 is 24.0 Å². The molecule has 1 aliphatic carbocycles. The van der Waals surface area contributed by atoms with E-state index in [0.29, 0.717) is 17.2 Å². The van der Waals surface area contributed by atoms with Crippen molar-refractivity contribution in [3.8, 4) is 0 Å². The van der Waals surface area contributed by atoms with Crippen LogP contribution in [0.4, 0.5) is 5.82 Å². The van der Waals surface area contributed by atoms with E-state index in [2.05, 4.69) is 15.5 Å². The van der Waals surface area contributed by atoms with Crippen LogP contribution in [0.2, 0.25) is 5.15 Å². The van der Waals surface area contributed by atoms with Crippen molar-refractivity contribution < 1.29 is 0 Å². The monoisotopic (exact) mass is 262 g/mol. The minimum Gasteiger partial charge on any atom is -0.366 e. The van der Waals surface area contributed by atoms with Gasteiger partial charge in [0.05, 0.1) is 0 Å². The molecule has 0 saturated heterocycles. The van der Waals surface area contributed by atoms with E-state index in [1.807, 2.05) is 6.07 Å². The highest BCUT2D eigenvalue weighted by Gasteiger charge is 2.18. The SMILES string of the molecule is Cl.NC1CCC(Nc2ccc(Cl)nn2)CC1. The third-order valence-electron chi connectivity index (χ3n) is 2.76. The summed E-state index contributed by atoms with van der Waals surface area (Å²) >= 11 is 5.66. The maximum Gasteiger partial charge on any atom is 0.151 e. The van der Waals surface area contributed by atoms with E-state index in [0.717, 1.165) is 31.5 Å². The lowest BCUT2D eigenvalue weighted by molar-refractivity contribution is 0.410. The van der Waals surface area contributed by atoms with Crippen molar-refractivity contribution in [2.75, 3.05) is 5.32 Å². The molecule has 2 rings (SSSR count). The average Bonchev–Trinajstić information content (AvgIpc) is 2.25. The Morgan fingerprint density at radius 1 is 1.19 bits per heavy atom. The van der Waals surface area contributed by atoms with Crippen molar-refractivity contribution >= 4 is 29.8 Å². The zero-order valence-corrected chi connectivity index (χ0v) is 10.5. The Morgan fingerprint density at radius 2 is 1.88 bits per heavy atom. The number of rotatable bonds is 2. The fourth-order valence-corrected chi connectivity index (χ4v) is 1.97. The molecule has 4 nitrogen and oxygen atoms in total. The van der Waals surface area contributed by atoms with Crippen molar-refractivity contribution in [1.82, 2.24) is 10.2 Å². The van der Waals surface area contributed by atoms with Crippen LogP contribution in [0.3, 0.4) is 0 Å². The zero-order chi connectivity index (χ0) is 10.7. The second kappa shape index (κ2) is 6.23. The minimum atomic E-state index is 0. The lowest BCUT2D eigenvalue weighted by Gasteiger charge is -2.26. The second-order valence-corrected chi connectivity index (χ2v) is 4.38. The van der Waals surface area contributed by atoms with Crippen molar-refractivity contribution in [3.05, 3.63) is 17.3 Å². The van der Waals surface area contributed by atoms with E-state index >= 15 is 0 Å². The molecule has 0 unspecified atom stereocenters. The molecule has 16 heavy (non-hydrogen) atoms. The van der Waals surface area contributed by atoms with Crippen molar-refractivity contribution in [2.24, 2.45) is 5.73 Å². The summed E-state index contributed by atoms with van der Waals surface area (Å²) in [5.74, 6) is 0.792. The summed E-state index contributed by atoms with van der Waals surface area (Å²) in [7, 11) is 0. The fourth-order valence-electron chi connectivity index (χ4n) is 1.87. The first-order valence-corrected chi connectivity index (χ1v) is 5.63. The first-order valence-electron chi connectivity index (χ1n) is 5.25. The minimum absolute atomic E-state index is 0. The van der Waals surface area contributed by atoms with E-state index in [4.69, 9.17) is 17.3 Å². The largest absolute Gasteiger partial charge is 0.366 e. The predicted octanol–water partition coefficient (Wildman–Crippen LogP) is 2.23. The molecule has 0 bridgehead atoms. The highest BCUT2D eigenvalue weighted by Crippen LogP contribution is 2.20. The van der Waals surface area contributed by atoms with Gasteiger partial charge in [0, 0.05) is 12.1 Å². The van der Waals surface area contributed by atoms with Crippen molar-refractivity contribution in [3.63, 3.8) is 0 Å². The molecule has 0 atom stereocenters. The first-order chi connectivity index (χ1) is 7.24. The average molecular weight is 263 g/mol. The predicted molar refractivity (Wildman–Crippen MR) is 68.1 cm³/mol. The van der Waals surface area contributed by atoms with Gasteiger partial charge in [-0.05, 0) is 37.8 Å². The quantitative estimate of drug-likeness (QED) is 0.858. The molecule has 6 heteroatoms. The Balaban J connectivity index is 0.00000128. The standard InChI is InChI=1S/C10H15ClN4.ClH/c11-9-5-6-10(15-14-9)13-8-3-1-7(12)2-4-8;/h5-8H,1-4,12H2,(H,13,15);1H. The summed E-state index contributed by atoms with van der Waals surface area (Å²) in [6, 6.07) is 4.44. The lowest BCUT2D eigenvalue weighted by atomic mass is 9.92. The molecule has 3 N–H and O–H groups in total. The molecular weight excluding hydrogens is 247 g/mol.